The maximum atomic E-state index is 5.79. The molecule has 0 saturated carbocycles. The minimum atomic E-state index is 0.569. The van der Waals surface area contributed by atoms with E-state index in [-0.39, 0.29) is 0 Å². The lowest BCUT2D eigenvalue weighted by Gasteiger charge is -2.07. The average molecular weight is 317 g/mol. The van der Waals surface area contributed by atoms with Crippen LogP contribution in [0.4, 0.5) is 11.4 Å². The number of fused-ring (bicyclic) bond motifs is 1. The molecule has 0 atom stereocenters. The molecule has 0 aliphatic heterocycles. The van der Waals surface area contributed by atoms with E-state index in [1.54, 1.807) is 19.5 Å². The number of benzene rings is 2. The highest BCUT2D eigenvalue weighted by Crippen LogP contribution is 2.27. The van der Waals surface area contributed by atoms with Crippen molar-refractivity contribution >= 4 is 22.5 Å². The molecule has 0 bridgehead atoms. The van der Waals surface area contributed by atoms with Crippen LogP contribution in [0, 0.1) is 0 Å². The summed E-state index contributed by atoms with van der Waals surface area (Å²) in [5.74, 6) is 1.40. The number of nitrogens with zero attached hydrogens (tertiary/aromatic N) is 2. The van der Waals surface area contributed by atoms with Crippen LogP contribution in [-0.2, 0) is 0 Å². The van der Waals surface area contributed by atoms with Crippen molar-refractivity contribution < 1.29 is 9.15 Å². The molecule has 0 unspecified atom stereocenters. The van der Waals surface area contributed by atoms with E-state index in [0.717, 1.165) is 33.8 Å². The van der Waals surface area contributed by atoms with Crippen LogP contribution in [0.25, 0.3) is 22.6 Å². The van der Waals surface area contributed by atoms with Gasteiger partial charge in [0.25, 0.3) is 0 Å². The van der Waals surface area contributed by atoms with Crippen molar-refractivity contribution in [1.82, 2.24) is 9.97 Å². The Morgan fingerprint density at radius 2 is 1.83 bits per heavy atom. The Bertz CT molecular complexity index is 963. The molecule has 0 aliphatic rings. The summed E-state index contributed by atoms with van der Waals surface area (Å²) in [6, 6.07) is 17.4. The van der Waals surface area contributed by atoms with Crippen molar-refractivity contribution in [2.75, 3.05) is 12.4 Å². The first-order valence-corrected chi connectivity index (χ1v) is 7.54. The number of ether oxygens (including phenoxy) is 1. The number of methoxy groups -OCH3 is 1. The van der Waals surface area contributed by atoms with E-state index in [2.05, 4.69) is 15.3 Å². The number of hydrogen-bond donors (Lipinski definition) is 1. The number of hydrogen-bond acceptors (Lipinski definition) is 5. The number of anilines is 2. The van der Waals surface area contributed by atoms with Gasteiger partial charge in [-0.05, 0) is 54.6 Å². The van der Waals surface area contributed by atoms with Gasteiger partial charge in [-0.25, -0.2) is 4.98 Å². The van der Waals surface area contributed by atoms with E-state index in [1.165, 1.54) is 0 Å². The van der Waals surface area contributed by atoms with Gasteiger partial charge in [0, 0.05) is 23.8 Å². The SMILES string of the molecule is COc1ccc(Nc2ccc3oc(-c4cccnc4)nc3c2)cc1. The molecule has 2 heterocycles. The van der Waals surface area contributed by atoms with Gasteiger partial charge < -0.3 is 14.5 Å². The van der Waals surface area contributed by atoms with Crippen molar-refractivity contribution in [3.05, 3.63) is 67.0 Å². The van der Waals surface area contributed by atoms with Crippen LogP contribution in [-0.4, -0.2) is 17.1 Å². The van der Waals surface area contributed by atoms with Crippen molar-refractivity contribution in [3.8, 4) is 17.2 Å². The molecular weight excluding hydrogens is 302 g/mol. The Morgan fingerprint density at radius 1 is 1.00 bits per heavy atom. The van der Waals surface area contributed by atoms with E-state index in [1.807, 2.05) is 54.6 Å². The van der Waals surface area contributed by atoms with Crippen molar-refractivity contribution in [3.63, 3.8) is 0 Å². The Balaban J connectivity index is 1.63. The number of aromatic nitrogens is 2. The number of rotatable bonds is 4. The van der Waals surface area contributed by atoms with E-state index in [0.29, 0.717) is 5.89 Å². The fourth-order valence-electron chi connectivity index (χ4n) is 2.46. The third kappa shape index (κ3) is 2.79. The Morgan fingerprint density at radius 3 is 2.58 bits per heavy atom. The molecule has 4 aromatic rings. The quantitative estimate of drug-likeness (QED) is 0.594. The molecule has 5 heteroatoms. The number of oxazole rings is 1. The summed E-state index contributed by atoms with van der Waals surface area (Å²) in [6.07, 6.45) is 3.46. The topological polar surface area (TPSA) is 60.2 Å². The fraction of sp³-hybridized carbons (Fsp3) is 0.0526. The van der Waals surface area contributed by atoms with Crippen molar-refractivity contribution in [2.45, 2.75) is 0 Å². The predicted molar refractivity (Wildman–Crippen MR) is 93.5 cm³/mol. The van der Waals surface area contributed by atoms with Crippen LogP contribution in [0.5, 0.6) is 5.75 Å². The third-order valence-corrected chi connectivity index (χ3v) is 3.67. The van der Waals surface area contributed by atoms with Crippen LogP contribution in [0.3, 0.4) is 0 Å². The highest BCUT2D eigenvalue weighted by atomic mass is 16.5. The van der Waals surface area contributed by atoms with E-state index in [9.17, 15) is 0 Å². The molecule has 0 fully saturated rings. The van der Waals surface area contributed by atoms with E-state index in [4.69, 9.17) is 9.15 Å². The maximum absolute atomic E-state index is 5.79. The first-order chi connectivity index (χ1) is 11.8. The van der Waals surface area contributed by atoms with E-state index < -0.39 is 0 Å². The molecule has 0 spiro atoms. The van der Waals surface area contributed by atoms with Gasteiger partial charge in [-0.1, -0.05) is 0 Å². The van der Waals surface area contributed by atoms with Crippen molar-refractivity contribution in [2.24, 2.45) is 0 Å². The summed E-state index contributed by atoms with van der Waals surface area (Å²) in [5, 5.41) is 3.35. The Hall–Kier alpha value is -3.34. The van der Waals surface area contributed by atoms with Crippen LogP contribution >= 0.6 is 0 Å². The maximum Gasteiger partial charge on any atom is 0.228 e. The molecule has 0 amide bonds. The monoisotopic (exact) mass is 317 g/mol. The molecule has 1 N–H and O–H groups in total. The minimum Gasteiger partial charge on any atom is -0.497 e. The second-order valence-electron chi connectivity index (χ2n) is 5.30. The zero-order chi connectivity index (χ0) is 16.4. The summed E-state index contributed by atoms with van der Waals surface area (Å²) in [5.41, 5.74) is 4.32. The highest BCUT2D eigenvalue weighted by Gasteiger charge is 2.09. The zero-order valence-corrected chi connectivity index (χ0v) is 13.1. The zero-order valence-electron chi connectivity index (χ0n) is 13.1. The first-order valence-electron chi connectivity index (χ1n) is 7.54. The molecule has 0 aliphatic carbocycles. The minimum absolute atomic E-state index is 0.569. The summed E-state index contributed by atoms with van der Waals surface area (Å²) >= 11 is 0. The molecule has 24 heavy (non-hydrogen) atoms. The van der Waals surface area contributed by atoms with Gasteiger partial charge in [0.1, 0.15) is 11.3 Å². The third-order valence-electron chi connectivity index (χ3n) is 3.67. The van der Waals surface area contributed by atoms with Gasteiger partial charge in [0.05, 0.1) is 12.7 Å². The predicted octanol–water partition coefficient (Wildman–Crippen LogP) is 4.64. The molecule has 2 aromatic heterocycles. The lowest BCUT2D eigenvalue weighted by Crippen LogP contribution is -1.90. The molecule has 2 aromatic carbocycles. The van der Waals surface area contributed by atoms with Gasteiger partial charge in [-0.3, -0.25) is 4.98 Å². The van der Waals surface area contributed by atoms with Crippen LogP contribution in [0.1, 0.15) is 0 Å². The summed E-state index contributed by atoms with van der Waals surface area (Å²) in [7, 11) is 1.65. The lowest BCUT2D eigenvalue weighted by atomic mass is 10.2. The standard InChI is InChI=1S/C19H15N3O2/c1-23-16-7-4-14(5-8-16)21-15-6-9-18-17(11-15)22-19(24-18)13-3-2-10-20-12-13/h2-12,21H,1H3. The number of nitrogens with one attached hydrogen (secondary N) is 1. The Kier molecular flexibility index (Phi) is 3.59. The lowest BCUT2D eigenvalue weighted by molar-refractivity contribution is 0.415. The molecule has 118 valence electrons. The van der Waals surface area contributed by atoms with Gasteiger partial charge in [-0.2, -0.15) is 0 Å². The normalized spacial score (nSPS) is 10.7. The molecule has 4 rings (SSSR count). The average Bonchev–Trinajstić information content (AvgIpc) is 3.06. The first kappa shape index (κ1) is 14.3. The second kappa shape index (κ2) is 6.04. The van der Waals surface area contributed by atoms with Gasteiger partial charge in [0.2, 0.25) is 5.89 Å². The van der Waals surface area contributed by atoms with Crippen LogP contribution < -0.4 is 10.1 Å². The molecule has 0 saturated heterocycles. The molecule has 5 nitrogen and oxygen atoms in total. The largest absolute Gasteiger partial charge is 0.497 e. The molecule has 0 radical (unpaired) electrons. The number of pyridine rings is 1. The molecular formula is C19H15N3O2. The smallest absolute Gasteiger partial charge is 0.228 e. The Labute approximate surface area is 138 Å². The fourth-order valence-corrected chi connectivity index (χ4v) is 2.46. The van der Waals surface area contributed by atoms with Crippen LogP contribution in [0.2, 0.25) is 0 Å². The summed E-state index contributed by atoms with van der Waals surface area (Å²) in [6.45, 7) is 0. The summed E-state index contributed by atoms with van der Waals surface area (Å²) in [4.78, 5) is 8.64. The summed E-state index contributed by atoms with van der Waals surface area (Å²) < 4.78 is 11.0. The van der Waals surface area contributed by atoms with Gasteiger partial charge >= 0.3 is 0 Å². The van der Waals surface area contributed by atoms with Crippen molar-refractivity contribution in [1.29, 1.82) is 0 Å². The van der Waals surface area contributed by atoms with Crippen LogP contribution in [0.15, 0.2) is 71.4 Å². The van der Waals surface area contributed by atoms with Gasteiger partial charge in [-0.15, -0.1) is 0 Å². The second-order valence-corrected chi connectivity index (χ2v) is 5.30. The van der Waals surface area contributed by atoms with Gasteiger partial charge in [0.15, 0.2) is 5.58 Å². The van der Waals surface area contributed by atoms with E-state index >= 15 is 0 Å². The highest BCUT2D eigenvalue weighted by molar-refractivity contribution is 5.81.